The minimum absolute atomic E-state index is 0.0198. The summed E-state index contributed by atoms with van der Waals surface area (Å²) in [7, 11) is 6.37. The molecule has 8 heteroatoms. The Morgan fingerprint density at radius 3 is 2.36 bits per heavy atom. The van der Waals surface area contributed by atoms with Crippen molar-refractivity contribution in [1.29, 1.82) is 0 Å². The van der Waals surface area contributed by atoms with Gasteiger partial charge in [0.25, 0.3) is 0 Å². The molecule has 0 aliphatic heterocycles. The second-order valence-electron chi connectivity index (χ2n) is 5.91. The van der Waals surface area contributed by atoms with Crippen LogP contribution in [0.3, 0.4) is 0 Å². The maximum atomic E-state index is 12.6. The average molecular weight is 383 g/mol. The summed E-state index contributed by atoms with van der Waals surface area (Å²) in [6.07, 6.45) is -0.0198. The number of benzene rings is 2. The van der Waals surface area contributed by atoms with E-state index in [0.717, 1.165) is 11.3 Å². The van der Waals surface area contributed by atoms with Crippen LogP contribution in [-0.2, 0) is 11.2 Å². The van der Waals surface area contributed by atoms with Crippen LogP contribution in [-0.4, -0.2) is 44.4 Å². The van der Waals surface area contributed by atoms with E-state index in [4.69, 9.17) is 18.7 Å². The van der Waals surface area contributed by atoms with Crippen LogP contribution < -0.4 is 19.1 Å². The minimum Gasteiger partial charge on any atom is -0.497 e. The first-order valence-corrected chi connectivity index (χ1v) is 8.51. The molecule has 3 rings (SSSR count). The molecule has 0 aliphatic carbocycles. The van der Waals surface area contributed by atoms with Crippen LogP contribution in [0.15, 0.2) is 47.0 Å². The van der Waals surface area contributed by atoms with E-state index in [1.165, 1.54) is 4.90 Å². The monoisotopic (exact) mass is 383 g/mol. The molecule has 0 saturated heterocycles. The molecular formula is C20H21N3O5. The van der Waals surface area contributed by atoms with Crippen LogP contribution in [0.1, 0.15) is 5.89 Å². The van der Waals surface area contributed by atoms with Gasteiger partial charge in [-0.1, -0.05) is 5.16 Å². The second kappa shape index (κ2) is 8.43. The fraction of sp³-hybridized carbons (Fsp3) is 0.250. The van der Waals surface area contributed by atoms with Crippen molar-refractivity contribution in [3.8, 4) is 28.6 Å². The summed E-state index contributed by atoms with van der Waals surface area (Å²) in [5.41, 5.74) is 1.44. The summed E-state index contributed by atoms with van der Waals surface area (Å²) < 4.78 is 20.9. The normalized spacial score (nSPS) is 10.4. The molecule has 0 spiro atoms. The van der Waals surface area contributed by atoms with Crippen LogP contribution in [0.2, 0.25) is 0 Å². The lowest BCUT2D eigenvalue weighted by Crippen LogP contribution is -2.28. The molecule has 0 fully saturated rings. The van der Waals surface area contributed by atoms with Gasteiger partial charge in [0.2, 0.25) is 17.6 Å². The van der Waals surface area contributed by atoms with E-state index in [1.807, 2.05) is 12.1 Å². The van der Waals surface area contributed by atoms with E-state index >= 15 is 0 Å². The molecule has 1 aromatic heterocycles. The van der Waals surface area contributed by atoms with Gasteiger partial charge in [-0.25, -0.2) is 0 Å². The third-order valence-corrected chi connectivity index (χ3v) is 4.25. The predicted molar refractivity (Wildman–Crippen MR) is 103 cm³/mol. The molecule has 0 bridgehead atoms. The van der Waals surface area contributed by atoms with Gasteiger partial charge in [0.15, 0.2) is 11.5 Å². The highest BCUT2D eigenvalue weighted by Crippen LogP contribution is 2.31. The number of methoxy groups -OCH3 is 3. The van der Waals surface area contributed by atoms with Crippen molar-refractivity contribution < 1.29 is 23.5 Å². The Labute approximate surface area is 162 Å². The molecule has 28 heavy (non-hydrogen) atoms. The Morgan fingerprint density at radius 2 is 1.71 bits per heavy atom. The van der Waals surface area contributed by atoms with Crippen molar-refractivity contribution in [2.24, 2.45) is 0 Å². The summed E-state index contributed by atoms with van der Waals surface area (Å²) in [6.45, 7) is 0. The van der Waals surface area contributed by atoms with Gasteiger partial charge in [-0.3, -0.25) is 4.79 Å². The van der Waals surface area contributed by atoms with Crippen LogP contribution in [0.5, 0.6) is 17.2 Å². The molecule has 0 unspecified atom stereocenters. The number of hydrogen-bond acceptors (Lipinski definition) is 7. The van der Waals surface area contributed by atoms with Crippen molar-refractivity contribution in [1.82, 2.24) is 10.1 Å². The van der Waals surface area contributed by atoms with E-state index in [1.54, 1.807) is 58.7 Å². The Bertz CT molecular complexity index is 953. The van der Waals surface area contributed by atoms with Crippen molar-refractivity contribution in [2.75, 3.05) is 33.3 Å². The molecule has 3 aromatic rings. The van der Waals surface area contributed by atoms with Gasteiger partial charge < -0.3 is 23.6 Å². The summed E-state index contributed by atoms with van der Waals surface area (Å²) in [6, 6.07) is 12.5. The van der Waals surface area contributed by atoms with Gasteiger partial charge >= 0.3 is 0 Å². The summed E-state index contributed by atoms with van der Waals surface area (Å²) >= 11 is 0. The van der Waals surface area contributed by atoms with Gasteiger partial charge in [-0.2, -0.15) is 4.98 Å². The zero-order valence-electron chi connectivity index (χ0n) is 16.1. The molecule has 0 radical (unpaired) electrons. The number of aromatic nitrogens is 2. The van der Waals surface area contributed by atoms with Gasteiger partial charge in [0, 0.05) is 24.4 Å². The molecule has 0 atom stereocenters. The van der Waals surface area contributed by atoms with Gasteiger partial charge in [0.05, 0.1) is 21.3 Å². The first-order valence-electron chi connectivity index (χ1n) is 8.51. The minimum atomic E-state index is -0.197. The van der Waals surface area contributed by atoms with Crippen LogP contribution in [0.4, 0.5) is 5.69 Å². The largest absolute Gasteiger partial charge is 0.497 e. The maximum absolute atomic E-state index is 12.6. The van der Waals surface area contributed by atoms with Gasteiger partial charge in [-0.15, -0.1) is 0 Å². The predicted octanol–water partition coefficient (Wildman–Crippen LogP) is 2.97. The SMILES string of the molecule is COc1ccc(-c2noc(CC(=O)N(C)c3ccc(OC)c(OC)c3)n2)cc1. The summed E-state index contributed by atoms with van der Waals surface area (Å²) in [4.78, 5) is 18.4. The van der Waals surface area contributed by atoms with Crippen LogP contribution >= 0.6 is 0 Å². The Hall–Kier alpha value is -3.55. The molecule has 1 heterocycles. The van der Waals surface area contributed by atoms with Gasteiger partial charge in [-0.05, 0) is 36.4 Å². The standard InChI is InChI=1S/C20H21N3O5/c1-23(14-7-10-16(26-3)17(11-14)27-4)19(24)12-18-21-20(22-28-18)13-5-8-15(25-2)9-6-13/h5-11H,12H2,1-4H3. The number of hydrogen-bond donors (Lipinski definition) is 0. The molecule has 146 valence electrons. The first-order chi connectivity index (χ1) is 13.5. The fourth-order valence-corrected chi connectivity index (χ4v) is 2.61. The Morgan fingerprint density at radius 1 is 1.00 bits per heavy atom. The van der Waals surface area contributed by atoms with Crippen LogP contribution in [0, 0.1) is 0 Å². The smallest absolute Gasteiger partial charge is 0.236 e. The number of rotatable bonds is 7. The van der Waals surface area contributed by atoms with Crippen molar-refractivity contribution in [3.05, 3.63) is 48.4 Å². The quantitative estimate of drug-likeness (QED) is 0.620. The first kappa shape index (κ1) is 19.2. The van der Waals surface area contributed by atoms with E-state index in [9.17, 15) is 4.79 Å². The van der Waals surface area contributed by atoms with Crippen molar-refractivity contribution >= 4 is 11.6 Å². The number of carbonyl (C=O) groups is 1. The third kappa shape index (κ3) is 4.06. The van der Waals surface area contributed by atoms with Gasteiger partial charge in [0.1, 0.15) is 12.2 Å². The molecular weight excluding hydrogens is 362 g/mol. The maximum Gasteiger partial charge on any atom is 0.236 e. The Kier molecular flexibility index (Phi) is 5.78. The number of carbonyl (C=O) groups excluding carboxylic acids is 1. The lowest BCUT2D eigenvalue weighted by molar-refractivity contribution is -0.118. The molecule has 8 nitrogen and oxygen atoms in total. The highest BCUT2D eigenvalue weighted by molar-refractivity contribution is 5.94. The van der Waals surface area contributed by atoms with E-state index < -0.39 is 0 Å². The molecule has 0 N–H and O–H groups in total. The topological polar surface area (TPSA) is 86.9 Å². The number of amides is 1. The zero-order valence-corrected chi connectivity index (χ0v) is 16.1. The zero-order chi connectivity index (χ0) is 20.1. The highest BCUT2D eigenvalue weighted by atomic mass is 16.5. The Balaban J connectivity index is 1.71. The molecule has 0 aliphatic rings. The van der Waals surface area contributed by atoms with Crippen molar-refractivity contribution in [2.45, 2.75) is 6.42 Å². The summed E-state index contributed by atoms with van der Waals surface area (Å²) in [5, 5.41) is 3.94. The third-order valence-electron chi connectivity index (χ3n) is 4.25. The highest BCUT2D eigenvalue weighted by Gasteiger charge is 2.18. The molecule has 1 amide bonds. The summed E-state index contributed by atoms with van der Waals surface area (Å²) in [5.74, 6) is 2.33. The van der Waals surface area contributed by atoms with E-state index in [0.29, 0.717) is 23.0 Å². The number of ether oxygens (including phenoxy) is 3. The fourth-order valence-electron chi connectivity index (χ4n) is 2.61. The molecule has 0 saturated carbocycles. The number of nitrogens with zero attached hydrogens (tertiary/aromatic N) is 3. The van der Waals surface area contributed by atoms with E-state index in [-0.39, 0.29) is 18.2 Å². The number of anilines is 1. The lowest BCUT2D eigenvalue weighted by atomic mass is 10.2. The van der Waals surface area contributed by atoms with Crippen molar-refractivity contribution in [3.63, 3.8) is 0 Å². The van der Waals surface area contributed by atoms with E-state index in [2.05, 4.69) is 10.1 Å². The lowest BCUT2D eigenvalue weighted by Gasteiger charge is -2.18. The second-order valence-corrected chi connectivity index (χ2v) is 5.91. The number of likely N-dealkylation sites (N-methyl/N-ethyl adjacent to an activating group) is 1. The molecule has 2 aromatic carbocycles. The van der Waals surface area contributed by atoms with Crippen LogP contribution in [0.25, 0.3) is 11.4 Å². The average Bonchev–Trinajstić information content (AvgIpc) is 3.21.